The number of likely N-dealkylation sites (tertiary alicyclic amines) is 1. The molecule has 0 bridgehead atoms. The van der Waals surface area contributed by atoms with Crippen molar-refractivity contribution in [3.05, 3.63) is 35.9 Å². The molecule has 1 aliphatic heterocycles. The zero-order valence-corrected chi connectivity index (χ0v) is 15.8. The highest BCUT2D eigenvalue weighted by Crippen LogP contribution is 2.23. The SMILES string of the molecule is CC(C)(C)OC(=O)N1CCCC1C(NC(=O)OCc1ccccc1)C(=O)O. The second kappa shape index (κ2) is 8.75. The predicted octanol–water partition coefficient (Wildman–Crippen LogP) is 2.77. The van der Waals surface area contributed by atoms with Gasteiger partial charge in [-0.05, 0) is 39.2 Å². The summed E-state index contributed by atoms with van der Waals surface area (Å²) in [4.78, 5) is 37.5. The Morgan fingerprint density at radius 1 is 1.26 bits per heavy atom. The van der Waals surface area contributed by atoms with Crippen molar-refractivity contribution in [3.8, 4) is 0 Å². The Morgan fingerprint density at radius 2 is 1.93 bits per heavy atom. The number of alkyl carbamates (subject to hydrolysis) is 1. The van der Waals surface area contributed by atoms with Crippen molar-refractivity contribution < 1.29 is 29.0 Å². The fourth-order valence-electron chi connectivity index (χ4n) is 2.90. The molecule has 2 unspecified atom stereocenters. The van der Waals surface area contributed by atoms with Gasteiger partial charge in [0.25, 0.3) is 0 Å². The van der Waals surface area contributed by atoms with Crippen LogP contribution >= 0.6 is 0 Å². The van der Waals surface area contributed by atoms with E-state index in [0.29, 0.717) is 19.4 Å². The first-order chi connectivity index (χ1) is 12.7. The summed E-state index contributed by atoms with van der Waals surface area (Å²) in [6.07, 6.45) is -0.346. The number of benzene rings is 1. The Hall–Kier alpha value is -2.77. The maximum Gasteiger partial charge on any atom is 0.410 e. The van der Waals surface area contributed by atoms with E-state index < -0.39 is 35.8 Å². The van der Waals surface area contributed by atoms with E-state index in [0.717, 1.165) is 5.56 Å². The molecule has 2 amide bonds. The van der Waals surface area contributed by atoms with E-state index in [1.165, 1.54) is 4.90 Å². The topological polar surface area (TPSA) is 105 Å². The molecule has 8 heteroatoms. The van der Waals surface area contributed by atoms with E-state index in [1.54, 1.807) is 32.9 Å². The molecule has 0 saturated carbocycles. The third-order valence-corrected chi connectivity index (χ3v) is 4.06. The Balaban J connectivity index is 1.99. The molecule has 27 heavy (non-hydrogen) atoms. The number of amides is 2. The van der Waals surface area contributed by atoms with Crippen LogP contribution in [-0.4, -0.2) is 52.4 Å². The van der Waals surface area contributed by atoms with Crippen LogP contribution in [0.1, 0.15) is 39.2 Å². The van der Waals surface area contributed by atoms with Crippen LogP contribution in [0.15, 0.2) is 30.3 Å². The molecular formula is C19H26N2O6. The quantitative estimate of drug-likeness (QED) is 0.816. The average Bonchev–Trinajstić information content (AvgIpc) is 3.06. The van der Waals surface area contributed by atoms with Gasteiger partial charge in [0.1, 0.15) is 12.2 Å². The van der Waals surface area contributed by atoms with Crippen LogP contribution in [0.25, 0.3) is 0 Å². The summed E-state index contributed by atoms with van der Waals surface area (Å²) >= 11 is 0. The van der Waals surface area contributed by atoms with E-state index in [2.05, 4.69) is 5.32 Å². The second-order valence-corrected chi connectivity index (χ2v) is 7.41. The second-order valence-electron chi connectivity index (χ2n) is 7.41. The van der Waals surface area contributed by atoms with Crippen LogP contribution < -0.4 is 5.32 Å². The van der Waals surface area contributed by atoms with E-state index in [-0.39, 0.29) is 6.61 Å². The van der Waals surface area contributed by atoms with E-state index in [1.807, 2.05) is 18.2 Å². The van der Waals surface area contributed by atoms with Crippen molar-refractivity contribution in [2.45, 2.75) is 57.9 Å². The first-order valence-electron chi connectivity index (χ1n) is 8.87. The number of nitrogens with one attached hydrogen (secondary N) is 1. The van der Waals surface area contributed by atoms with Crippen molar-refractivity contribution in [1.82, 2.24) is 10.2 Å². The first kappa shape index (κ1) is 20.5. The number of hydrogen-bond acceptors (Lipinski definition) is 5. The van der Waals surface area contributed by atoms with Gasteiger partial charge in [-0.1, -0.05) is 30.3 Å². The summed E-state index contributed by atoms with van der Waals surface area (Å²) in [6.45, 7) is 5.63. The van der Waals surface area contributed by atoms with Crippen LogP contribution in [0.2, 0.25) is 0 Å². The molecule has 1 aliphatic rings. The van der Waals surface area contributed by atoms with Gasteiger partial charge in [0.15, 0.2) is 6.04 Å². The lowest BCUT2D eigenvalue weighted by atomic mass is 10.1. The number of hydrogen-bond donors (Lipinski definition) is 2. The number of nitrogens with zero attached hydrogens (tertiary/aromatic N) is 1. The number of carboxylic acids is 1. The van der Waals surface area contributed by atoms with Crippen LogP contribution in [0.4, 0.5) is 9.59 Å². The molecule has 0 spiro atoms. The van der Waals surface area contributed by atoms with Crippen LogP contribution in [0.3, 0.4) is 0 Å². The zero-order chi connectivity index (χ0) is 20.0. The maximum atomic E-state index is 12.4. The summed E-state index contributed by atoms with van der Waals surface area (Å²) in [6, 6.07) is 7.09. The van der Waals surface area contributed by atoms with E-state index in [4.69, 9.17) is 9.47 Å². The summed E-state index contributed by atoms with van der Waals surface area (Å²) in [5.74, 6) is -1.23. The number of carbonyl (C=O) groups is 3. The van der Waals surface area contributed by atoms with Gasteiger partial charge in [-0.3, -0.25) is 0 Å². The zero-order valence-electron chi connectivity index (χ0n) is 15.8. The van der Waals surface area contributed by atoms with Crippen molar-refractivity contribution in [2.24, 2.45) is 0 Å². The predicted molar refractivity (Wildman–Crippen MR) is 97.1 cm³/mol. The molecule has 8 nitrogen and oxygen atoms in total. The van der Waals surface area contributed by atoms with Gasteiger partial charge in [-0.25, -0.2) is 14.4 Å². The van der Waals surface area contributed by atoms with Crippen molar-refractivity contribution in [1.29, 1.82) is 0 Å². The molecule has 1 aromatic rings. The van der Waals surface area contributed by atoms with E-state index in [9.17, 15) is 19.5 Å². The maximum absolute atomic E-state index is 12.4. The molecule has 2 N–H and O–H groups in total. The molecule has 1 aromatic carbocycles. The summed E-state index contributed by atoms with van der Waals surface area (Å²) < 4.78 is 10.4. The number of ether oxygens (including phenoxy) is 2. The van der Waals surface area contributed by atoms with Gasteiger partial charge in [-0.15, -0.1) is 0 Å². The molecule has 2 rings (SSSR count). The molecule has 0 radical (unpaired) electrons. The fraction of sp³-hybridized carbons (Fsp3) is 0.526. The Kier molecular flexibility index (Phi) is 6.65. The van der Waals surface area contributed by atoms with Gasteiger partial charge in [0.05, 0.1) is 6.04 Å². The monoisotopic (exact) mass is 378 g/mol. The lowest BCUT2D eigenvalue weighted by molar-refractivity contribution is -0.140. The third kappa shape index (κ3) is 6.16. The summed E-state index contributed by atoms with van der Waals surface area (Å²) in [7, 11) is 0. The van der Waals surface area contributed by atoms with Crippen molar-refractivity contribution in [2.75, 3.05) is 6.54 Å². The van der Waals surface area contributed by atoms with Crippen LogP contribution in [0, 0.1) is 0 Å². The largest absolute Gasteiger partial charge is 0.480 e. The fourth-order valence-corrected chi connectivity index (χ4v) is 2.90. The van der Waals surface area contributed by atoms with E-state index >= 15 is 0 Å². The van der Waals surface area contributed by atoms with Gasteiger partial charge in [0.2, 0.25) is 0 Å². The molecule has 1 fully saturated rings. The van der Waals surface area contributed by atoms with Crippen molar-refractivity contribution >= 4 is 18.2 Å². The average molecular weight is 378 g/mol. The smallest absolute Gasteiger partial charge is 0.410 e. The van der Waals surface area contributed by atoms with Crippen molar-refractivity contribution in [3.63, 3.8) is 0 Å². The minimum absolute atomic E-state index is 0.0272. The van der Waals surface area contributed by atoms with Gasteiger partial charge in [-0.2, -0.15) is 0 Å². The Morgan fingerprint density at radius 3 is 2.52 bits per heavy atom. The molecule has 1 heterocycles. The Bertz CT molecular complexity index is 671. The molecule has 0 aromatic heterocycles. The lowest BCUT2D eigenvalue weighted by Crippen LogP contribution is -2.55. The highest BCUT2D eigenvalue weighted by Gasteiger charge is 2.41. The highest BCUT2D eigenvalue weighted by atomic mass is 16.6. The first-order valence-corrected chi connectivity index (χ1v) is 8.87. The highest BCUT2D eigenvalue weighted by molar-refractivity contribution is 5.82. The normalized spacial score (nSPS) is 17.9. The molecular weight excluding hydrogens is 352 g/mol. The third-order valence-electron chi connectivity index (χ3n) is 4.06. The molecule has 0 aliphatic carbocycles. The van der Waals surface area contributed by atoms with Gasteiger partial charge >= 0.3 is 18.2 Å². The van der Waals surface area contributed by atoms with Crippen LogP contribution in [-0.2, 0) is 20.9 Å². The number of carboxylic acid groups (broad SMARTS) is 1. The number of aliphatic carboxylic acids is 1. The minimum Gasteiger partial charge on any atom is -0.480 e. The Labute approximate surface area is 158 Å². The van der Waals surface area contributed by atoms with Gasteiger partial charge in [0, 0.05) is 6.54 Å². The minimum atomic E-state index is -1.27. The molecule has 148 valence electrons. The lowest BCUT2D eigenvalue weighted by Gasteiger charge is -2.31. The van der Waals surface area contributed by atoms with Gasteiger partial charge < -0.3 is 24.8 Å². The standard InChI is InChI=1S/C19H26N2O6/c1-19(2,3)27-18(25)21-11-7-10-14(21)15(16(22)23)20-17(24)26-12-13-8-5-4-6-9-13/h4-6,8-9,14-15H,7,10-12H2,1-3H3,(H,20,24)(H,22,23). The number of carbonyl (C=O) groups excluding carboxylic acids is 2. The molecule has 2 atom stereocenters. The number of rotatable bonds is 5. The summed E-state index contributed by atoms with van der Waals surface area (Å²) in [5, 5.41) is 11.9. The molecule has 1 saturated heterocycles. The summed E-state index contributed by atoms with van der Waals surface area (Å²) in [5.41, 5.74) is 0.0983. The van der Waals surface area contributed by atoms with Crippen LogP contribution in [0.5, 0.6) is 0 Å².